The van der Waals surface area contributed by atoms with Gasteiger partial charge in [-0.1, -0.05) is 11.6 Å². The molecule has 0 aromatic carbocycles. The number of rotatable bonds is 2. The molecule has 1 unspecified atom stereocenters. The first-order valence-corrected chi connectivity index (χ1v) is 5.71. The molecule has 0 spiro atoms. The summed E-state index contributed by atoms with van der Waals surface area (Å²) in [6.07, 6.45) is 1.11. The molecule has 0 bridgehead atoms. The third-order valence-corrected chi connectivity index (χ3v) is 3.65. The van der Waals surface area contributed by atoms with E-state index in [0.717, 1.165) is 30.4 Å². The summed E-state index contributed by atoms with van der Waals surface area (Å²) in [5.41, 5.74) is 7.06. The number of nitrogens with zero attached hydrogens (tertiary/aromatic N) is 1. The molecule has 0 aliphatic carbocycles. The third kappa shape index (κ3) is 2.23. The predicted octanol–water partition coefficient (Wildman–Crippen LogP) is 1.93. The first-order chi connectivity index (χ1) is 6.25. The summed E-state index contributed by atoms with van der Waals surface area (Å²) in [6, 6.07) is 2.45. The normalized spacial score (nSPS) is 24.0. The molecule has 72 valence electrons. The van der Waals surface area contributed by atoms with E-state index in [1.165, 1.54) is 5.56 Å². The summed E-state index contributed by atoms with van der Waals surface area (Å²) in [4.78, 5) is 2.36. The van der Waals surface area contributed by atoms with Gasteiger partial charge in [0.1, 0.15) is 0 Å². The molecule has 1 aromatic heterocycles. The molecule has 4 heteroatoms. The number of thiophene rings is 1. The smallest absolute Gasteiger partial charge is 0.0973 e. The monoisotopic (exact) mass is 216 g/mol. The first kappa shape index (κ1) is 9.46. The number of hydrogen-bond acceptors (Lipinski definition) is 3. The highest BCUT2D eigenvalue weighted by Crippen LogP contribution is 2.25. The van der Waals surface area contributed by atoms with Gasteiger partial charge in [0.25, 0.3) is 0 Å². The molecular weight excluding hydrogens is 204 g/mol. The Morgan fingerprint density at radius 3 is 3.08 bits per heavy atom. The van der Waals surface area contributed by atoms with E-state index in [9.17, 15) is 0 Å². The van der Waals surface area contributed by atoms with Crippen LogP contribution in [0.2, 0.25) is 4.34 Å². The van der Waals surface area contributed by atoms with E-state index in [2.05, 4.69) is 11.0 Å². The van der Waals surface area contributed by atoms with Gasteiger partial charge in [0.2, 0.25) is 0 Å². The summed E-state index contributed by atoms with van der Waals surface area (Å²) >= 11 is 7.61. The van der Waals surface area contributed by atoms with Gasteiger partial charge in [0.15, 0.2) is 0 Å². The minimum atomic E-state index is 0.359. The summed E-state index contributed by atoms with van der Waals surface area (Å²) in [7, 11) is 0. The Hall–Kier alpha value is -0.0900. The molecule has 1 aliphatic heterocycles. The average molecular weight is 217 g/mol. The quantitative estimate of drug-likeness (QED) is 0.819. The highest BCUT2D eigenvalue weighted by atomic mass is 35.5. The molecule has 0 amide bonds. The van der Waals surface area contributed by atoms with Gasteiger partial charge in [-0.05, 0) is 23.4 Å². The number of likely N-dealkylation sites (tertiary alicyclic amines) is 1. The van der Waals surface area contributed by atoms with Crippen LogP contribution < -0.4 is 5.73 Å². The van der Waals surface area contributed by atoms with Crippen LogP contribution in [0.5, 0.6) is 0 Å². The Labute approximate surface area is 87.3 Å². The van der Waals surface area contributed by atoms with Gasteiger partial charge in [0, 0.05) is 25.7 Å². The zero-order valence-electron chi connectivity index (χ0n) is 7.37. The molecule has 2 rings (SSSR count). The van der Waals surface area contributed by atoms with E-state index >= 15 is 0 Å². The van der Waals surface area contributed by atoms with Crippen molar-refractivity contribution < 1.29 is 0 Å². The van der Waals surface area contributed by atoms with Crippen LogP contribution in [0.25, 0.3) is 0 Å². The average Bonchev–Trinajstić information content (AvgIpc) is 2.64. The fraction of sp³-hybridized carbons (Fsp3) is 0.556. The van der Waals surface area contributed by atoms with Crippen molar-refractivity contribution in [3.63, 3.8) is 0 Å². The van der Waals surface area contributed by atoms with Crippen molar-refractivity contribution in [2.75, 3.05) is 13.1 Å². The van der Waals surface area contributed by atoms with Gasteiger partial charge < -0.3 is 5.73 Å². The van der Waals surface area contributed by atoms with Crippen molar-refractivity contribution >= 4 is 22.9 Å². The molecule has 1 aromatic rings. The summed E-state index contributed by atoms with van der Waals surface area (Å²) in [5, 5.41) is 2.04. The first-order valence-electron chi connectivity index (χ1n) is 4.45. The zero-order chi connectivity index (χ0) is 9.26. The van der Waals surface area contributed by atoms with Crippen LogP contribution in [0.15, 0.2) is 11.4 Å². The standard InChI is InChI=1S/C9H13ClN2S/c10-9-7(2-4-13-9)5-12-3-1-8(11)6-12/h2,4,8H,1,3,5-6,11H2. The Morgan fingerprint density at radius 1 is 1.69 bits per heavy atom. The van der Waals surface area contributed by atoms with E-state index in [1.807, 2.05) is 5.38 Å². The highest BCUT2D eigenvalue weighted by molar-refractivity contribution is 7.14. The predicted molar refractivity (Wildman–Crippen MR) is 57.2 cm³/mol. The fourth-order valence-electron chi connectivity index (χ4n) is 1.68. The van der Waals surface area contributed by atoms with Crippen molar-refractivity contribution in [3.8, 4) is 0 Å². The van der Waals surface area contributed by atoms with Crippen LogP contribution in [-0.4, -0.2) is 24.0 Å². The third-order valence-electron chi connectivity index (χ3n) is 2.40. The molecule has 2 heterocycles. The molecule has 1 atom stereocenters. The number of nitrogens with two attached hydrogens (primary N) is 1. The summed E-state index contributed by atoms with van der Waals surface area (Å²) in [5.74, 6) is 0. The van der Waals surface area contributed by atoms with E-state index in [0.29, 0.717) is 6.04 Å². The van der Waals surface area contributed by atoms with Crippen molar-refractivity contribution in [1.29, 1.82) is 0 Å². The van der Waals surface area contributed by atoms with E-state index in [4.69, 9.17) is 17.3 Å². The SMILES string of the molecule is NC1CCN(Cc2ccsc2Cl)C1. The lowest BCUT2D eigenvalue weighted by molar-refractivity contribution is 0.327. The summed E-state index contributed by atoms with van der Waals surface area (Å²) in [6.45, 7) is 3.07. The minimum Gasteiger partial charge on any atom is -0.326 e. The topological polar surface area (TPSA) is 29.3 Å². The molecule has 13 heavy (non-hydrogen) atoms. The molecule has 0 saturated carbocycles. The lowest BCUT2D eigenvalue weighted by atomic mass is 10.3. The second-order valence-electron chi connectivity index (χ2n) is 3.50. The maximum Gasteiger partial charge on any atom is 0.0973 e. The Kier molecular flexibility index (Phi) is 2.89. The molecule has 0 radical (unpaired) electrons. The van der Waals surface area contributed by atoms with Crippen molar-refractivity contribution in [3.05, 3.63) is 21.3 Å². The number of halogens is 1. The van der Waals surface area contributed by atoms with Crippen molar-refractivity contribution in [2.45, 2.75) is 19.0 Å². The minimum absolute atomic E-state index is 0.359. The van der Waals surface area contributed by atoms with Gasteiger partial charge in [-0.25, -0.2) is 0 Å². The lowest BCUT2D eigenvalue weighted by Crippen LogP contribution is -2.26. The zero-order valence-corrected chi connectivity index (χ0v) is 8.94. The van der Waals surface area contributed by atoms with Crippen molar-refractivity contribution in [1.82, 2.24) is 4.90 Å². The second-order valence-corrected chi connectivity index (χ2v) is 5.02. The Morgan fingerprint density at radius 2 is 2.54 bits per heavy atom. The van der Waals surface area contributed by atoms with Gasteiger partial charge in [-0.3, -0.25) is 4.90 Å². The van der Waals surface area contributed by atoms with Crippen LogP contribution in [0.4, 0.5) is 0 Å². The molecule has 2 nitrogen and oxygen atoms in total. The Balaban J connectivity index is 1.95. The van der Waals surface area contributed by atoms with E-state index in [1.54, 1.807) is 11.3 Å². The van der Waals surface area contributed by atoms with Crippen LogP contribution >= 0.6 is 22.9 Å². The molecule has 1 saturated heterocycles. The summed E-state index contributed by atoms with van der Waals surface area (Å²) < 4.78 is 0.917. The largest absolute Gasteiger partial charge is 0.326 e. The lowest BCUT2D eigenvalue weighted by Gasteiger charge is -2.13. The van der Waals surface area contributed by atoms with Gasteiger partial charge in [0.05, 0.1) is 4.34 Å². The van der Waals surface area contributed by atoms with Crippen LogP contribution in [0, 0.1) is 0 Å². The van der Waals surface area contributed by atoms with Crippen LogP contribution in [0.3, 0.4) is 0 Å². The van der Waals surface area contributed by atoms with Gasteiger partial charge in [-0.2, -0.15) is 0 Å². The molecule has 1 aliphatic rings. The highest BCUT2D eigenvalue weighted by Gasteiger charge is 2.19. The molecule has 1 fully saturated rings. The van der Waals surface area contributed by atoms with Crippen molar-refractivity contribution in [2.24, 2.45) is 5.73 Å². The van der Waals surface area contributed by atoms with Crippen LogP contribution in [0.1, 0.15) is 12.0 Å². The van der Waals surface area contributed by atoms with E-state index in [-0.39, 0.29) is 0 Å². The fourth-order valence-corrected chi connectivity index (χ4v) is 2.59. The number of hydrogen-bond donors (Lipinski definition) is 1. The Bertz CT molecular complexity index is 287. The second kappa shape index (κ2) is 3.96. The van der Waals surface area contributed by atoms with Gasteiger partial charge in [-0.15, -0.1) is 11.3 Å². The molecular formula is C9H13ClN2S. The maximum absolute atomic E-state index is 6.02. The van der Waals surface area contributed by atoms with Crippen LogP contribution in [-0.2, 0) is 6.54 Å². The van der Waals surface area contributed by atoms with E-state index < -0.39 is 0 Å². The maximum atomic E-state index is 6.02. The van der Waals surface area contributed by atoms with Gasteiger partial charge >= 0.3 is 0 Å². The molecule has 2 N–H and O–H groups in total.